The molecule has 2 aromatic rings. The van der Waals surface area contributed by atoms with Crippen LogP contribution in [0.15, 0.2) is 24.3 Å². The van der Waals surface area contributed by atoms with E-state index in [0.717, 1.165) is 9.65 Å². The van der Waals surface area contributed by atoms with Crippen molar-refractivity contribution in [3.63, 3.8) is 0 Å². The number of aromatic nitrogens is 1. The van der Waals surface area contributed by atoms with Gasteiger partial charge in [0.15, 0.2) is 3.95 Å². The van der Waals surface area contributed by atoms with Crippen LogP contribution in [0, 0.1) is 17.8 Å². The van der Waals surface area contributed by atoms with Gasteiger partial charge in [0.25, 0.3) is 0 Å². The fourth-order valence-electron chi connectivity index (χ4n) is 1.49. The average Bonchev–Trinajstić information content (AvgIpc) is 2.46. The number of thiazole rings is 1. The Hall–Kier alpha value is -0.930. The van der Waals surface area contributed by atoms with E-state index in [0.29, 0.717) is 0 Å². The van der Waals surface area contributed by atoms with Crippen LogP contribution in [0.2, 0.25) is 0 Å². The Balaban J connectivity index is 2.66. The highest BCUT2D eigenvalue weighted by molar-refractivity contribution is 7.73. The molecule has 0 atom stereocenters. The molecule has 1 aromatic carbocycles. The van der Waals surface area contributed by atoms with Gasteiger partial charge in [0.05, 0.1) is 4.88 Å². The Labute approximate surface area is 92.4 Å². The second-order valence-corrected chi connectivity index (χ2v) is 4.97. The molecule has 0 aliphatic carbocycles. The highest BCUT2D eigenvalue weighted by atomic mass is 32.1. The lowest BCUT2D eigenvalue weighted by Gasteiger charge is -2.02. The minimum Gasteiger partial charge on any atom is -0.341 e. The molecule has 1 nitrogen and oxygen atoms in total. The van der Waals surface area contributed by atoms with Gasteiger partial charge in [-0.05, 0) is 37.2 Å². The molecule has 0 aliphatic heterocycles. The Morgan fingerprint density at radius 3 is 2.50 bits per heavy atom. The average molecular weight is 221 g/mol. The zero-order valence-electron chi connectivity index (χ0n) is 8.13. The summed E-state index contributed by atoms with van der Waals surface area (Å²) in [5.74, 6) is 0. The lowest BCUT2D eigenvalue weighted by Crippen LogP contribution is -1.81. The molecule has 0 fully saturated rings. The van der Waals surface area contributed by atoms with Crippen molar-refractivity contribution in [2.75, 3.05) is 0 Å². The summed E-state index contributed by atoms with van der Waals surface area (Å²) in [5.41, 5.74) is 3.73. The first-order valence-corrected chi connectivity index (χ1v) is 5.66. The molecule has 0 radical (unpaired) electrons. The molecule has 0 bridgehead atoms. The molecule has 0 unspecified atom stereocenters. The molecule has 1 aromatic heterocycles. The smallest absolute Gasteiger partial charge is 0.159 e. The fraction of sp³-hybridized carbons (Fsp3) is 0.182. The van der Waals surface area contributed by atoms with Gasteiger partial charge in [-0.25, -0.2) is 0 Å². The second kappa shape index (κ2) is 3.67. The molecular formula is C11H11NS2. The molecular weight excluding hydrogens is 210 g/mol. The van der Waals surface area contributed by atoms with Crippen LogP contribution in [0.4, 0.5) is 0 Å². The van der Waals surface area contributed by atoms with Crippen LogP contribution < -0.4 is 0 Å². The maximum absolute atomic E-state index is 5.13. The summed E-state index contributed by atoms with van der Waals surface area (Å²) < 4.78 is 0.848. The molecule has 0 aliphatic rings. The molecule has 0 amide bonds. The summed E-state index contributed by atoms with van der Waals surface area (Å²) in [5, 5.41) is 0. The van der Waals surface area contributed by atoms with Gasteiger partial charge >= 0.3 is 0 Å². The summed E-state index contributed by atoms with van der Waals surface area (Å²) in [6.45, 7) is 4.19. The number of benzene rings is 1. The largest absolute Gasteiger partial charge is 0.341 e. The van der Waals surface area contributed by atoms with Crippen molar-refractivity contribution >= 4 is 23.6 Å². The van der Waals surface area contributed by atoms with Crippen LogP contribution in [-0.2, 0) is 0 Å². The van der Waals surface area contributed by atoms with E-state index >= 15 is 0 Å². The van der Waals surface area contributed by atoms with Crippen molar-refractivity contribution in [1.82, 2.24) is 4.98 Å². The molecule has 0 spiro atoms. The zero-order chi connectivity index (χ0) is 10.1. The number of nitrogens with one attached hydrogen (secondary N) is 1. The summed E-state index contributed by atoms with van der Waals surface area (Å²) in [6.07, 6.45) is 0. The summed E-state index contributed by atoms with van der Waals surface area (Å²) in [6, 6.07) is 8.37. The molecule has 2 rings (SSSR count). The highest BCUT2D eigenvalue weighted by Gasteiger charge is 2.06. The number of aromatic amines is 1. The number of rotatable bonds is 1. The topological polar surface area (TPSA) is 15.8 Å². The van der Waals surface area contributed by atoms with Crippen LogP contribution in [0.3, 0.4) is 0 Å². The van der Waals surface area contributed by atoms with Crippen LogP contribution in [0.25, 0.3) is 10.4 Å². The normalized spacial score (nSPS) is 10.4. The van der Waals surface area contributed by atoms with Gasteiger partial charge < -0.3 is 4.98 Å². The van der Waals surface area contributed by atoms with E-state index < -0.39 is 0 Å². The van der Waals surface area contributed by atoms with Crippen molar-refractivity contribution in [3.8, 4) is 10.4 Å². The molecule has 0 saturated heterocycles. The van der Waals surface area contributed by atoms with Gasteiger partial charge in [-0.15, -0.1) is 11.3 Å². The highest BCUT2D eigenvalue weighted by Crippen LogP contribution is 2.30. The third kappa shape index (κ3) is 1.65. The van der Waals surface area contributed by atoms with Crippen molar-refractivity contribution in [1.29, 1.82) is 0 Å². The SMILES string of the molecule is Cc1ccccc1-c1sc(=S)[nH]c1C. The van der Waals surface area contributed by atoms with Crippen LogP contribution in [-0.4, -0.2) is 4.98 Å². The number of H-pyrrole nitrogens is 1. The first kappa shape index (κ1) is 9.62. The Morgan fingerprint density at radius 1 is 1.21 bits per heavy atom. The van der Waals surface area contributed by atoms with E-state index in [-0.39, 0.29) is 0 Å². The third-order valence-electron chi connectivity index (χ3n) is 2.21. The minimum atomic E-state index is 0.848. The number of hydrogen-bond acceptors (Lipinski definition) is 2. The van der Waals surface area contributed by atoms with Gasteiger partial charge in [-0.1, -0.05) is 24.3 Å². The van der Waals surface area contributed by atoms with E-state index in [4.69, 9.17) is 12.2 Å². The second-order valence-electron chi connectivity index (χ2n) is 3.28. The van der Waals surface area contributed by atoms with Gasteiger partial charge in [0.1, 0.15) is 0 Å². The predicted molar refractivity (Wildman–Crippen MR) is 64.4 cm³/mol. The van der Waals surface area contributed by atoms with E-state index in [1.54, 1.807) is 11.3 Å². The standard InChI is InChI=1S/C11H11NS2/c1-7-5-3-4-6-9(7)10-8(2)12-11(13)14-10/h3-6H,1-2H3,(H,12,13). The van der Waals surface area contributed by atoms with Gasteiger partial charge in [0, 0.05) is 5.69 Å². The first-order valence-electron chi connectivity index (χ1n) is 4.44. The molecule has 1 N–H and O–H groups in total. The van der Waals surface area contributed by atoms with Crippen LogP contribution in [0.5, 0.6) is 0 Å². The van der Waals surface area contributed by atoms with Gasteiger partial charge in [0.2, 0.25) is 0 Å². The molecule has 3 heteroatoms. The Kier molecular flexibility index (Phi) is 2.52. The van der Waals surface area contributed by atoms with Crippen molar-refractivity contribution in [2.45, 2.75) is 13.8 Å². The quantitative estimate of drug-likeness (QED) is 0.717. The third-order valence-corrected chi connectivity index (χ3v) is 3.58. The van der Waals surface area contributed by atoms with E-state index in [9.17, 15) is 0 Å². The lowest BCUT2D eigenvalue weighted by atomic mass is 10.1. The summed E-state index contributed by atoms with van der Waals surface area (Å²) >= 11 is 6.77. The maximum atomic E-state index is 5.13. The first-order chi connectivity index (χ1) is 6.68. The minimum absolute atomic E-state index is 0.848. The Morgan fingerprint density at radius 2 is 1.93 bits per heavy atom. The van der Waals surface area contributed by atoms with E-state index in [1.165, 1.54) is 16.0 Å². The summed E-state index contributed by atoms with van der Waals surface area (Å²) in [7, 11) is 0. The zero-order valence-corrected chi connectivity index (χ0v) is 9.76. The molecule has 72 valence electrons. The van der Waals surface area contributed by atoms with Crippen LogP contribution in [0.1, 0.15) is 11.3 Å². The van der Waals surface area contributed by atoms with E-state index in [1.807, 2.05) is 0 Å². The monoisotopic (exact) mass is 221 g/mol. The number of hydrogen-bond donors (Lipinski definition) is 1. The fourth-order valence-corrected chi connectivity index (χ4v) is 2.82. The lowest BCUT2D eigenvalue weighted by molar-refractivity contribution is 1.25. The summed E-state index contributed by atoms with van der Waals surface area (Å²) in [4.78, 5) is 4.42. The molecule has 14 heavy (non-hydrogen) atoms. The van der Waals surface area contributed by atoms with Gasteiger partial charge in [-0.3, -0.25) is 0 Å². The maximum Gasteiger partial charge on any atom is 0.159 e. The molecule has 0 saturated carbocycles. The van der Waals surface area contributed by atoms with Crippen molar-refractivity contribution < 1.29 is 0 Å². The van der Waals surface area contributed by atoms with Crippen LogP contribution >= 0.6 is 23.6 Å². The number of aryl methyl sites for hydroxylation is 2. The molecule has 1 heterocycles. The van der Waals surface area contributed by atoms with E-state index in [2.05, 4.69) is 43.1 Å². The van der Waals surface area contributed by atoms with Gasteiger partial charge in [-0.2, -0.15) is 0 Å². The van der Waals surface area contributed by atoms with Crippen molar-refractivity contribution in [3.05, 3.63) is 39.5 Å². The predicted octanol–water partition coefficient (Wildman–Crippen LogP) is 4.09. The Bertz CT molecular complexity index is 508. The van der Waals surface area contributed by atoms with Crippen molar-refractivity contribution in [2.24, 2.45) is 0 Å².